The quantitative estimate of drug-likeness (QED) is 0.627. The lowest BCUT2D eigenvalue weighted by Gasteiger charge is -2.10. The maximum Gasteiger partial charge on any atom is 0.522 e. The van der Waals surface area contributed by atoms with Crippen molar-refractivity contribution in [3.8, 4) is 5.75 Å². The zero-order valence-electron chi connectivity index (χ0n) is 9.98. The van der Waals surface area contributed by atoms with Crippen LogP contribution >= 0.6 is 15.9 Å². The molecule has 0 saturated heterocycles. The van der Waals surface area contributed by atoms with E-state index in [2.05, 4.69) is 20.7 Å². The molecule has 4 nitrogen and oxygen atoms in total. The molecule has 1 N–H and O–H groups in total. The van der Waals surface area contributed by atoms with Gasteiger partial charge in [0.25, 0.3) is 0 Å². The molecule has 1 rings (SSSR count). The fraction of sp³-hybridized carbons (Fsp3) is 0.250. The zero-order chi connectivity index (χ0) is 15.2. The largest absolute Gasteiger partial charge is 0.522 e. The molecule has 0 aromatic heterocycles. The van der Waals surface area contributed by atoms with E-state index in [4.69, 9.17) is 9.84 Å². The first-order chi connectivity index (χ1) is 9.28. The van der Waals surface area contributed by atoms with Crippen LogP contribution in [0.4, 0.5) is 13.2 Å². The number of hydrogen-bond donors (Lipinski definition) is 1. The molecule has 0 aliphatic rings. The third-order valence-electron chi connectivity index (χ3n) is 1.99. The molecule has 0 spiro atoms. The van der Waals surface area contributed by atoms with E-state index in [1.807, 2.05) is 0 Å². The molecule has 0 fully saturated rings. The van der Waals surface area contributed by atoms with Crippen molar-refractivity contribution in [2.75, 3.05) is 13.2 Å². The molecule has 20 heavy (non-hydrogen) atoms. The van der Waals surface area contributed by atoms with E-state index in [0.29, 0.717) is 15.8 Å². The molecule has 110 valence electrons. The maximum atomic E-state index is 11.7. The minimum atomic E-state index is -4.68. The zero-order valence-corrected chi connectivity index (χ0v) is 11.6. The molecule has 0 unspecified atom stereocenters. The van der Waals surface area contributed by atoms with Gasteiger partial charge < -0.3 is 9.84 Å². The molecule has 0 aliphatic heterocycles. The Morgan fingerprint density at radius 1 is 1.35 bits per heavy atom. The summed E-state index contributed by atoms with van der Waals surface area (Å²) in [6, 6.07) is 4.63. The first kappa shape index (κ1) is 16.5. The lowest BCUT2D eigenvalue weighted by molar-refractivity contribution is -0.325. The van der Waals surface area contributed by atoms with Crippen LogP contribution in [-0.2, 0) is 9.53 Å². The van der Waals surface area contributed by atoms with Gasteiger partial charge in [-0.2, -0.15) is 0 Å². The molecule has 0 radical (unpaired) electrons. The second kappa shape index (κ2) is 7.30. The van der Waals surface area contributed by atoms with E-state index in [1.54, 1.807) is 6.07 Å². The average Bonchev–Trinajstić information content (AvgIpc) is 2.33. The number of alkyl halides is 3. The summed E-state index contributed by atoms with van der Waals surface area (Å²) < 4.78 is 44.4. The monoisotopic (exact) mass is 354 g/mol. The first-order valence-corrected chi connectivity index (χ1v) is 6.11. The van der Waals surface area contributed by atoms with Gasteiger partial charge in [-0.15, -0.1) is 13.2 Å². The van der Waals surface area contributed by atoms with Gasteiger partial charge in [-0.05, 0) is 29.8 Å². The molecule has 0 heterocycles. The van der Waals surface area contributed by atoms with Gasteiger partial charge in [-0.25, -0.2) is 4.79 Å². The topological polar surface area (TPSA) is 55.8 Å². The van der Waals surface area contributed by atoms with Crippen molar-refractivity contribution in [3.05, 3.63) is 34.3 Å². The Kier molecular flexibility index (Phi) is 6.03. The Morgan fingerprint density at radius 3 is 2.65 bits per heavy atom. The number of hydrogen-bond acceptors (Lipinski definition) is 3. The third-order valence-corrected chi connectivity index (χ3v) is 2.71. The number of halogens is 4. The van der Waals surface area contributed by atoms with E-state index in [1.165, 1.54) is 18.2 Å². The Labute approximate surface area is 120 Å². The molecule has 1 aromatic rings. The van der Waals surface area contributed by atoms with Crippen LogP contribution in [0.25, 0.3) is 6.08 Å². The van der Waals surface area contributed by atoms with E-state index >= 15 is 0 Å². The Bertz CT molecular complexity index is 500. The maximum absolute atomic E-state index is 11.7. The highest BCUT2D eigenvalue weighted by Crippen LogP contribution is 2.24. The molecular formula is C12H10BrF3O4. The molecule has 0 saturated carbocycles. The van der Waals surface area contributed by atoms with Crippen molar-refractivity contribution in [2.24, 2.45) is 0 Å². The van der Waals surface area contributed by atoms with Crippen molar-refractivity contribution in [3.63, 3.8) is 0 Å². The summed E-state index contributed by atoms with van der Waals surface area (Å²) in [5.41, 5.74) is 0.529. The van der Waals surface area contributed by atoms with E-state index in [-0.39, 0.29) is 6.61 Å². The highest BCUT2D eigenvalue weighted by atomic mass is 79.9. The van der Waals surface area contributed by atoms with Gasteiger partial charge in [-0.3, -0.25) is 4.74 Å². The smallest absolute Gasteiger partial charge is 0.491 e. The van der Waals surface area contributed by atoms with Gasteiger partial charge in [-0.1, -0.05) is 15.9 Å². The minimum absolute atomic E-state index is 0.275. The van der Waals surface area contributed by atoms with Crippen molar-refractivity contribution in [2.45, 2.75) is 6.36 Å². The number of carboxylic acid groups (broad SMARTS) is 1. The van der Waals surface area contributed by atoms with Gasteiger partial charge in [0.1, 0.15) is 12.4 Å². The number of carbonyl (C=O) groups is 1. The Hall–Kier alpha value is -1.54. The summed E-state index contributed by atoms with van der Waals surface area (Å²) in [6.45, 7) is -0.900. The second-order valence-electron chi connectivity index (χ2n) is 3.50. The summed E-state index contributed by atoms with van der Waals surface area (Å²) in [5, 5.41) is 8.53. The third kappa shape index (κ3) is 6.58. The molecule has 1 aromatic carbocycles. The fourth-order valence-electron chi connectivity index (χ4n) is 1.22. The van der Waals surface area contributed by atoms with Crippen molar-refractivity contribution >= 4 is 28.0 Å². The number of rotatable bonds is 6. The minimum Gasteiger partial charge on any atom is -0.491 e. The lowest BCUT2D eigenvalue weighted by Crippen LogP contribution is -2.18. The summed E-state index contributed by atoms with van der Waals surface area (Å²) >= 11 is 3.22. The highest BCUT2D eigenvalue weighted by Gasteiger charge is 2.28. The molecule has 0 bridgehead atoms. The van der Waals surface area contributed by atoms with Crippen molar-refractivity contribution in [1.82, 2.24) is 0 Å². The summed E-state index contributed by atoms with van der Waals surface area (Å²) in [4.78, 5) is 10.4. The van der Waals surface area contributed by atoms with Gasteiger partial charge >= 0.3 is 12.3 Å². The van der Waals surface area contributed by atoms with Gasteiger partial charge in [0.05, 0.1) is 6.61 Å². The molecule has 0 aliphatic carbocycles. The predicted molar refractivity (Wildman–Crippen MR) is 68.3 cm³/mol. The van der Waals surface area contributed by atoms with E-state index < -0.39 is 18.9 Å². The van der Waals surface area contributed by atoms with Crippen LogP contribution in [0.15, 0.2) is 28.7 Å². The SMILES string of the molecule is O=C(O)/C=C/c1cc(OCCOC(F)(F)F)ccc1Br. The number of carboxylic acids is 1. The van der Waals surface area contributed by atoms with Crippen molar-refractivity contribution < 1.29 is 32.5 Å². The number of aliphatic carboxylic acids is 1. The molecular weight excluding hydrogens is 345 g/mol. The van der Waals surface area contributed by atoms with Crippen LogP contribution in [-0.4, -0.2) is 30.7 Å². The Balaban J connectivity index is 2.59. The van der Waals surface area contributed by atoms with Gasteiger partial charge in [0.2, 0.25) is 0 Å². The standard InChI is InChI=1S/C12H10BrF3O4/c13-10-3-2-9(7-8(10)1-4-11(17)18)19-5-6-20-12(14,15)16/h1-4,7H,5-6H2,(H,17,18)/b4-1+. The van der Waals surface area contributed by atoms with Crippen LogP contribution in [0.1, 0.15) is 5.56 Å². The Morgan fingerprint density at radius 2 is 2.05 bits per heavy atom. The van der Waals surface area contributed by atoms with Crippen LogP contribution in [0.3, 0.4) is 0 Å². The first-order valence-electron chi connectivity index (χ1n) is 5.32. The number of benzene rings is 1. The second-order valence-corrected chi connectivity index (χ2v) is 4.35. The van der Waals surface area contributed by atoms with E-state index in [0.717, 1.165) is 6.08 Å². The predicted octanol–water partition coefficient (Wildman–Crippen LogP) is 3.46. The normalized spacial score (nSPS) is 11.8. The van der Waals surface area contributed by atoms with E-state index in [9.17, 15) is 18.0 Å². The number of ether oxygens (including phenoxy) is 2. The summed E-state index contributed by atoms with van der Waals surface area (Å²) in [7, 11) is 0. The van der Waals surface area contributed by atoms with Crippen LogP contribution in [0, 0.1) is 0 Å². The lowest BCUT2D eigenvalue weighted by atomic mass is 10.2. The summed E-state index contributed by atoms with van der Waals surface area (Å²) in [5.74, 6) is -0.800. The van der Waals surface area contributed by atoms with Gasteiger partial charge in [0, 0.05) is 10.5 Å². The van der Waals surface area contributed by atoms with Crippen LogP contribution < -0.4 is 4.74 Å². The molecule has 8 heteroatoms. The molecule has 0 atom stereocenters. The molecule has 0 amide bonds. The van der Waals surface area contributed by atoms with Gasteiger partial charge in [0.15, 0.2) is 0 Å². The highest BCUT2D eigenvalue weighted by molar-refractivity contribution is 9.10. The van der Waals surface area contributed by atoms with Crippen LogP contribution in [0.5, 0.6) is 5.75 Å². The van der Waals surface area contributed by atoms with Crippen LogP contribution in [0.2, 0.25) is 0 Å². The average molecular weight is 355 g/mol. The van der Waals surface area contributed by atoms with Crippen molar-refractivity contribution in [1.29, 1.82) is 0 Å². The fourth-order valence-corrected chi connectivity index (χ4v) is 1.60. The summed E-state index contributed by atoms with van der Waals surface area (Å²) in [6.07, 6.45) is -2.40.